The molecule has 2 N–H and O–H groups in total. The molecule has 0 radical (unpaired) electrons. The summed E-state index contributed by atoms with van der Waals surface area (Å²) in [6.45, 7) is 12.5. The molecule has 134 valence electrons. The highest BCUT2D eigenvalue weighted by Gasteiger charge is 2.35. The Bertz CT molecular complexity index is 421. The molecule has 0 spiro atoms. The summed E-state index contributed by atoms with van der Waals surface area (Å²) >= 11 is 0. The average molecular weight is 345 g/mol. The minimum absolute atomic E-state index is 0.0499. The molecule has 0 saturated carbocycles. The van der Waals surface area contributed by atoms with Gasteiger partial charge >= 0.3 is 6.09 Å². The lowest BCUT2D eigenvalue weighted by Gasteiger charge is -2.35. The topological polar surface area (TPSA) is 76.7 Å². The molecule has 2 amide bonds. The highest BCUT2D eigenvalue weighted by Crippen LogP contribution is 2.20. The van der Waals surface area contributed by atoms with Crippen LogP contribution in [0, 0.1) is 0 Å². The van der Waals surface area contributed by atoms with E-state index in [1.165, 1.54) is 0 Å². The first kappa shape index (κ1) is 20.0. The van der Waals surface area contributed by atoms with Gasteiger partial charge in [0.25, 0.3) is 0 Å². The molecule has 0 aromatic carbocycles. The van der Waals surface area contributed by atoms with E-state index in [9.17, 15) is 9.59 Å². The maximum Gasteiger partial charge on any atom is 0.408 e. The van der Waals surface area contributed by atoms with Gasteiger partial charge in [-0.1, -0.05) is 19.8 Å². The van der Waals surface area contributed by atoms with Crippen molar-refractivity contribution in [2.45, 2.75) is 83.8 Å². The van der Waals surface area contributed by atoms with Crippen molar-refractivity contribution in [3.05, 3.63) is 0 Å². The largest absolute Gasteiger partial charge is 0.444 e. The van der Waals surface area contributed by atoms with Gasteiger partial charge < -0.3 is 19.8 Å². The van der Waals surface area contributed by atoms with Crippen LogP contribution in [0.25, 0.3) is 0 Å². The van der Waals surface area contributed by atoms with Gasteiger partial charge in [-0.25, -0.2) is 4.79 Å². The summed E-state index contributed by atoms with van der Waals surface area (Å²) in [6.07, 6.45) is 2.20. The molecule has 1 heterocycles. The summed E-state index contributed by atoms with van der Waals surface area (Å²) in [5.41, 5.74) is -0.583. The smallest absolute Gasteiger partial charge is 0.408 e. The second kappa shape index (κ2) is 8.15. The molecule has 0 aromatic rings. The number of amides is 2. The molecular weight excluding hydrogens is 312 g/mol. The summed E-state index contributed by atoms with van der Waals surface area (Å²) < 4.78 is 11.5. The van der Waals surface area contributed by atoms with E-state index in [4.69, 9.17) is 9.16 Å². The molecule has 7 heteroatoms. The van der Waals surface area contributed by atoms with Crippen LogP contribution in [0.4, 0.5) is 4.79 Å². The van der Waals surface area contributed by atoms with Crippen LogP contribution in [-0.2, 0) is 14.0 Å². The first-order valence-electron chi connectivity index (χ1n) is 8.47. The van der Waals surface area contributed by atoms with E-state index < -0.39 is 26.1 Å². The third-order valence-corrected chi connectivity index (χ3v) is 6.16. The second-order valence-corrected chi connectivity index (χ2v) is 12.0. The fourth-order valence-electron chi connectivity index (χ4n) is 2.57. The average Bonchev–Trinajstić information content (AvgIpc) is 2.38. The number of unbranched alkanes of at least 4 members (excludes halogenated alkanes) is 1. The number of piperidine rings is 1. The molecule has 23 heavy (non-hydrogen) atoms. The van der Waals surface area contributed by atoms with Gasteiger partial charge in [0.1, 0.15) is 11.6 Å². The minimum Gasteiger partial charge on any atom is -0.444 e. The van der Waals surface area contributed by atoms with Gasteiger partial charge in [0.05, 0.1) is 6.10 Å². The molecule has 1 rings (SSSR count). The van der Waals surface area contributed by atoms with Crippen molar-refractivity contribution in [2.24, 2.45) is 0 Å². The molecule has 1 fully saturated rings. The van der Waals surface area contributed by atoms with Crippen molar-refractivity contribution in [3.63, 3.8) is 0 Å². The third-order valence-electron chi connectivity index (χ3n) is 3.63. The number of carbonyl (C=O) groups excluding carboxylic acids is 2. The zero-order valence-electron chi connectivity index (χ0n) is 15.3. The van der Waals surface area contributed by atoms with Crippen LogP contribution in [0.15, 0.2) is 0 Å². The molecule has 6 nitrogen and oxygen atoms in total. The lowest BCUT2D eigenvalue weighted by atomic mass is 10.0. The Labute approximate surface area is 140 Å². The normalized spacial score (nSPS) is 22.4. The number of ether oxygens (including phenoxy) is 1. The maximum absolute atomic E-state index is 12.0. The van der Waals surface area contributed by atoms with Crippen molar-refractivity contribution in [3.8, 4) is 0 Å². The predicted molar refractivity (Wildman–Crippen MR) is 92.9 cm³/mol. The van der Waals surface area contributed by atoms with Gasteiger partial charge in [-0.2, -0.15) is 0 Å². The van der Waals surface area contributed by atoms with E-state index in [0.29, 0.717) is 13.0 Å². The molecule has 2 unspecified atom stereocenters. The number of hydrogen-bond acceptors (Lipinski definition) is 4. The van der Waals surface area contributed by atoms with E-state index in [-0.39, 0.29) is 12.0 Å². The monoisotopic (exact) mass is 344 g/mol. The fourth-order valence-corrected chi connectivity index (χ4v) is 4.97. The van der Waals surface area contributed by atoms with E-state index in [0.717, 1.165) is 18.9 Å². The van der Waals surface area contributed by atoms with E-state index in [1.807, 2.05) is 0 Å². The summed E-state index contributed by atoms with van der Waals surface area (Å²) in [4.78, 5) is 23.8. The molecule has 0 bridgehead atoms. The fraction of sp³-hybridized carbons (Fsp3) is 0.875. The molecule has 2 atom stereocenters. The summed E-state index contributed by atoms with van der Waals surface area (Å²) in [7, 11) is -1.74. The van der Waals surface area contributed by atoms with Crippen LogP contribution in [0.5, 0.6) is 0 Å². The number of alkyl carbamates (subject to hydrolysis) is 1. The Morgan fingerprint density at radius 2 is 2.04 bits per heavy atom. The molecule has 1 aliphatic heterocycles. The molecule has 0 aliphatic carbocycles. The number of rotatable bonds is 6. The Balaban J connectivity index is 2.55. The first-order valence-corrected chi connectivity index (χ1v) is 11.6. The minimum atomic E-state index is -1.74. The van der Waals surface area contributed by atoms with Crippen LogP contribution in [0.2, 0.25) is 19.1 Å². The van der Waals surface area contributed by atoms with Gasteiger partial charge in [-0.3, -0.25) is 4.79 Å². The van der Waals surface area contributed by atoms with Gasteiger partial charge in [-0.05, 0) is 39.9 Å². The van der Waals surface area contributed by atoms with Crippen LogP contribution >= 0.6 is 0 Å². The quantitative estimate of drug-likeness (QED) is 0.727. The summed E-state index contributed by atoms with van der Waals surface area (Å²) in [6, 6.07) is 0.512. The zero-order valence-corrected chi connectivity index (χ0v) is 16.3. The lowest BCUT2D eigenvalue weighted by Crippen LogP contribution is -2.57. The molecule has 0 aromatic heterocycles. The van der Waals surface area contributed by atoms with Crippen molar-refractivity contribution >= 4 is 20.3 Å². The number of carbonyl (C=O) groups is 2. The Hall–Kier alpha value is -1.08. The number of nitrogens with one attached hydrogen (secondary N) is 2. The van der Waals surface area contributed by atoms with Crippen molar-refractivity contribution in [2.75, 3.05) is 6.54 Å². The van der Waals surface area contributed by atoms with Crippen LogP contribution in [0.3, 0.4) is 0 Å². The van der Waals surface area contributed by atoms with Crippen LogP contribution in [-0.4, -0.2) is 44.6 Å². The van der Waals surface area contributed by atoms with Crippen LogP contribution < -0.4 is 10.6 Å². The van der Waals surface area contributed by atoms with E-state index in [2.05, 4.69) is 30.7 Å². The predicted octanol–water partition coefficient (Wildman–Crippen LogP) is 2.79. The van der Waals surface area contributed by atoms with Gasteiger partial charge in [0.15, 0.2) is 8.32 Å². The molecular formula is C16H32N2O4Si. The second-order valence-electron chi connectivity index (χ2n) is 7.78. The van der Waals surface area contributed by atoms with Crippen molar-refractivity contribution < 1.29 is 18.8 Å². The Morgan fingerprint density at radius 3 is 2.61 bits per heavy atom. The van der Waals surface area contributed by atoms with Gasteiger partial charge in [0, 0.05) is 13.0 Å². The van der Waals surface area contributed by atoms with E-state index in [1.54, 1.807) is 20.8 Å². The Morgan fingerprint density at radius 1 is 1.39 bits per heavy atom. The first-order chi connectivity index (χ1) is 10.5. The van der Waals surface area contributed by atoms with Gasteiger partial charge in [0.2, 0.25) is 5.91 Å². The highest BCUT2D eigenvalue weighted by molar-refractivity contribution is 6.71. The lowest BCUT2D eigenvalue weighted by molar-refractivity contribution is -0.126. The number of hydrogen-bond donors (Lipinski definition) is 2. The SMILES string of the molecule is CCCC[Si](C)(C)OC1CNC(=O)C(NC(=O)OC(C)(C)C)C1. The highest BCUT2D eigenvalue weighted by atomic mass is 28.4. The summed E-state index contributed by atoms with van der Waals surface area (Å²) in [5, 5.41) is 5.46. The molecule has 1 aliphatic rings. The standard InChI is InChI=1S/C16H32N2O4Si/c1-7-8-9-23(5,6)22-12-10-13(14(19)17-11-12)18-15(20)21-16(2,3)4/h12-13H,7-11H2,1-6H3,(H,17,19)(H,18,20). The van der Waals surface area contributed by atoms with Gasteiger partial charge in [-0.15, -0.1) is 0 Å². The third kappa shape index (κ3) is 7.83. The summed E-state index contributed by atoms with van der Waals surface area (Å²) in [5.74, 6) is -0.177. The Kier molecular flexibility index (Phi) is 7.07. The van der Waals surface area contributed by atoms with Crippen LogP contribution in [0.1, 0.15) is 47.0 Å². The zero-order chi connectivity index (χ0) is 17.7. The van der Waals surface area contributed by atoms with E-state index >= 15 is 0 Å². The van der Waals surface area contributed by atoms with Crippen molar-refractivity contribution in [1.29, 1.82) is 0 Å². The maximum atomic E-state index is 12.0. The van der Waals surface area contributed by atoms with Crippen molar-refractivity contribution in [1.82, 2.24) is 10.6 Å². The molecule has 1 saturated heterocycles.